The fourth-order valence-corrected chi connectivity index (χ4v) is 4.27. The molecule has 4 heteroatoms. The Kier molecular flexibility index (Phi) is 4.10. The van der Waals surface area contributed by atoms with Crippen LogP contribution in [-0.2, 0) is 5.75 Å². The van der Waals surface area contributed by atoms with Crippen LogP contribution in [0.5, 0.6) is 0 Å². The van der Waals surface area contributed by atoms with Crippen molar-refractivity contribution >= 4 is 51.0 Å². The number of hydrogen-bond donors (Lipinski definition) is 0. The van der Waals surface area contributed by atoms with Crippen molar-refractivity contribution in [3.63, 3.8) is 0 Å². The van der Waals surface area contributed by atoms with Crippen LogP contribution in [-0.4, -0.2) is 4.98 Å². The normalized spacial score (nSPS) is 10.8. The summed E-state index contributed by atoms with van der Waals surface area (Å²) >= 11 is 9.72. The van der Waals surface area contributed by atoms with Gasteiger partial charge in [-0.25, -0.2) is 4.98 Å². The zero-order chi connectivity index (χ0) is 13.9. The van der Waals surface area contributed by atoms with Gasteiger partial charge in [-0.05, 0) is 29.3 Å². The lowest BCUT2D eigenvalue weighted by molar-refractivity contribution is 1.29. The molecule has 3 rings (SSSR count). The van der Waals surface area contributed by atoms with Gasteiger partial charge < -0.3 is 0 Å². The lowest BCUT2D eigenvalue weighted by Gasteiger charge is -2.03. The van der Waals surface area contributed by atoms with Crippen LogP contribution in [0.25, 0.3) is 16.3 Å². The maximum atomic E-state index is 6.27. The van der Waals surface area contributed by atoms with Gasteiger partial charge >= 0.3 is 0 Å². The van der Waals surface area contributed by atoms with Crippen LogP contribution in [0.3, 0.4) is 0 Å². The molecule has 0 N–H and O–H groups in total. The predicted octanol–water partition coefficient (Wildman–Crippen LogP) is 5.89. The van der Waals surface area contributed by atoms with E-state index in [0.717, 1.165) is 31.8 Å². The third-order valence-electron chi connectivity index (χ3n) is 2.94. The second kappa shape index (κ2) is 6.00. The molecule has 100 valence electrons. The van der Waals surface area contributed by atoms with Crippen molar-refractivity contribution < 1.29 is 0 Å². The Balaban J connectivity index is 1.77. The molecule has 0 amide bonds. The topological polar surface area (TPSA) is 12.9 Å². The minimum absolute atomic E-state index is 0.788. The van der Waals surface area contributed by atoms with Gasteiger partial charge in [-0.15, -0.1) is 11.3 Å². The third kappa shape index (κ3) is 2.90. The van der Waals surface area contributed by atoms with Crippen molar-refractivity contribution in [2.24, 2.45) is 0 Å². The molecular formula is C16H12ClNS2. The van der Waals surface area contributed by atoms with Crippen LogP contribution in [0.1, 0.15) is 11.1 Å². The van der Waals surface area contributed by atoms with Crippen LogP contribution < -0.4 is 0 Å². The quantitative estimate of drug-likeness (QED) is 0.557. The van der Waals surface area contributed by atoms with Crippen molar-refractivity contribution in [2.75, 3.05) is 0 Å². The van der Waals surface area contributed by atoms with Crippen molar-refractivity contribution in [3.8, 4) is 0 Å². The first kappa shape index (κ1) is 13.7. The first-order chi connectivity index (χ1) is 9.76. The summed E-state index contributed by atoms with van der Waals surface area (Å²) in [5.41, 5.74) is 3.23. The van der Waals surface area contributed by atoms with E-state index in [4.69, 9.17) is 11.6 Å². The molecule has 0 unspecified atom stereocenters. The highest BCUT2D eigenvalue weighted by molar-refractivity contribution is 8.00. The van der Waals surface area contributed by atoms with E-state index in [0.29, 0.717) is 0 Å². The first-order valence-electron chi connectivity index (χ1n) is 6.15. The molecule has 0 aliphatic heterocycles. The zero-order valence-electron chi connectivity index (χ0n) is 10.7. The number of halogens is 1. The molecule has 3 aromatic rings. The number of thiazole rings is 1. The molecule has 0 saturated carbocycles. The van der Waals surface area contributed by atoms with Gasteiger partial charge in [-0.2, -0.15) is 0 Å². The number of nitrogens with zero attached hydrogens (tertiary/aromatic N) is 1. The minimum atomic E-state index is 0.788. The second-order valence-electron chi connectivity index (χ2n) is 4.29. The van der Waals surface area contributed by atoms with Crippen molar-refractivity contribution in [2.45, 2.75) is 10.1 Å². The molecule has 0 saturated heterocycles. The highest BCUT2D eigenvalue weighted by Crippen LogP contribution is 2.33. The van der Waals surface area contributed by atoms with E-state index >= 15 is 0 Å². The van der Waals surface area contributed by atoms with Crippen molar-refractivity contribution in [1.82, 2.24) is 4.98 Å². The molecule has 1 nitrogen and oxygen atoms in total. The molecule has 0 spiro atoms. The number of benzene rings is 2. The van der Waals surface area contributed by atoms with Crippen LogP contribution >= 0.6 is 34.7 Å². The summed E-state index contributed by atoms with van der Waals surface area (Å²) in [5.74, 6) is 0.829. The van der Waals surface area contributed by atoms with Crippen LogP contribution in [0.2, 0.25) is 5.02 Å². The summed E-state index contributed by atoms with van der Waals surface area (Å²) in [6, 6.07) is 14.2. The highest BCUT2D eigenvalue weighted by atomic mass is 35.5. The van der Waals surface area contributed by atoms with E-state index in [-0.39, 0.29) is 0 Å². The fraction of sp³-hybridized carbons (Fsp3) is 0.0625. The summed E-state index contributed by atoms with van der Waals surface area (Å²) in [4.78, 5) is 4.61. The molecule has 1 heterocycles. The van der Waals surface area contributed by atoms with Crippen molar-refractivity contribution in [1.29, 1.82) is 0 Å². The SMILES string of the molecule is C=Cc1ccc(CSc2nc3ccccc3s2)c(Cl)c1. The average molecular weight is 318 g/mol. The number of fused-ring (bicyclic) bond motifs is 1. The summed E-state index contributed by atoms with van der Waals surface area (Å²) in [7, 11) is 0. The average Bonchev–Trinajstić information content (AvgIpc) is 2.88. The molecule has 0 bridgehead atoms. The van der Waals surface area contributed by atoms with E-state index in [1.54, 1.807) is 29.2 Å². The lowest BCUT2D eigenvalue weighted by Crippen LogP contribution is -1.83. The van der Waals surface area contributed by atoms with Gasteiger partial charge in [0.15, 0.2) is 4.34 Å². The Morgan fingerprint density at radius 2 is 2.10 bits per heavy atom. The standard InChI is InChI=1S/C16H12ClNS2/c1-2-11-7-8-12(13(17)9-11)10-19-16-18-14-5-3-4-6-15(14)20-16/h2-9H,1,10H2. The molecular weight excluding hydrogens is 306 g/mol. The van der Waals surface area contributed by atoms with E-state index in [2.05, 4.69) is 23.7 Å². The fourth-order valence-electron chi connectivity index (χ4n) is 1.86. The second-order valence-corrected chi connectivity index (χ2v) is 6.95. The van der Waals surface area contributed by atoms with Gasteiger partial charge in [0.2, 0.25) is 0 Å². The maximum absolute atomic E-state index is 6.27. The number of thioether (sulfide) groups is 1. The Morgan fingerprint density at radius 1 is 1.25 bits per heavy atom. The Morgan fingerprint density at radius 3 is 2.85 bits per heavy atom. The molecule has 0 radical (unpaired) electrons. The number of aromatic nitrogens is 1. The Bertz CT molecular complexity index is 731. The molecule has 0 fully saturated rings. The van der Waals surface area contributed by atoms with E-state index < -0.39 is 0 Å². The summed E-state index contributed by atoms with van der Waals surface area (Å²) in [6.07, 6.45) is 1.80. The molecule has 20 heavy (non-hydrogen) atoms. The Labute approximate surface area is 131 Å². The van der Waals surface area contributed by atoms with Gasteiger partial charge in [-0.1, -0.05) is 60.3 Å². The lowest BCUT2D eigenvalue weighted by atomic mass is 10.1. The van der Waals surface area contributed by atoms with Crippen molar-refractivity contribution in [3.05, 3.63) is 65.2 Å². The van der Waals surface area contributed by atoms with Crippen LogP contribution in [0, 0.1) is 0 Å². The van der Waals surface area contributed by atoms with Gasteiger partial charge in [-0.3, -0.25) is 0 Å². The van der Waals surface area contributed by atoms with E-state index in [9.17, 15) is 0 Å². The van der Waals surface area contributed by atoms with Gasteiger partial charge in [0.25, 0.3) is 0 Å². The monoisotopic (exact) mass is 317 g/mol. The van der Waals surface area contributed by atoms with Gasteiger partial charge in [0.05, 0.1) is 10.2 Å². The molecule has 0 aliphatic carbocycles. The summed E-state index contributed by atoms with van der Waals surface area (Å²) in [6.45, 7) is 3.75. The molecule has 0 aliphatic rings. The van der Waals surface area contributed by atoms with Crippen LogP contribution in [0.4, 0.5) is 0 Å². The number of hydrogen-bond acceptors (Lipinski definition) is 3. The van der Waals surface area contributed by atoms with E-state index in [1.165, 1.54) is 4.70 Å². The zero-order valence-corrected chi connectivity index (χ0v) is 13.1. The molecule has 1 aromatic heterocycles. The molecule has 2 aromatic carbocycles. The predicted molar refractivity (Wildman–Crippen MR) is 90.7 cm³/mol. The summed E-state index contributed by atoms with van der Waals surface area (Å²) < 4.78 is 2.30. The number of para-hydroxylation sites is 1. The van der Waals surface area contributed by atoms with Crippen LogP contribution in [0.15, 0.2) is 53.4 Å². The maximum Gasteiger partial charge on any atom is 0.151 e. The van der Waals surface area contributed by atoms with Gasteiger partial charge in [0, 0.05) is 10.8 Å². The summed E-state index contributed by atoms with van der Waals surface area (Å²) in [5, 5.41) is 0.788. The smallest absolute Gasteiger partial charge is 0.151 e. The highest BCUT2D eigenvalue weighted by Gasteiger charge is 2.06. The van der Waals surface area contributed by atoms with Gasteiger partial charge in [0.1, 0.15) is 0 Å². The third-order valence-corrected chi connectivity index (χ3v) is 5.52. The Hall–Kier alpha value is -1.29. The molecule has 0 atom stereocenters. The van der Waals surface area contributed by atoms with E-state index in [1.807, 2.05) is 30.3 Å². The minimum Gasteiger partial charge on any atom is -0.230 e. The number of rotatable bonds is 4. The largest absolute Gasteiger partial charge is 0.230 e. The first-order valence-corrected chi connectivity index (χ1v) is 8.33.